The molecule has 138 valence electrons. The van der Waals surface area contributed by atoms with E-state index in [1.165, 1.54) is 19.8 Å². The number of methoxy groups -OCH3 is 1. The van der Waals surface area contributed by atoms with Crippen LogP contribution in [0.25, 0.3) is 0 Å². The molecule has 2 atom stereocenters. The Bertz CT molecular complexity index is 735. The Balaban J connectivity index is 1.71. The fraction of sp³-hybridized carbons (Fsp3) is 0.714. The van der Waals surface area contributed by atoms with Gasteiger partial charge in [-0.2, -0.15) is 5.10 Å². The number of rotatable bonds is 5. The van der Waals surface area contributed by atoms with Gasteiger partial charge in [0.2, 0.25) is 11.8 Å². The highest BCUT2D eigenvalue weighted by atomic mass is 32.2. The number of amides is 2. The van der Waals surface area contributed by atoms with E-state index in [1.54, 1.807) is 14.5 Å². The maximum Gasteiger partial charge on any atom is 0.248 e. The molecule has 0 N–H and O–H groups in total. The van der Waals surface area contributed by atoms with Crippen LogP contribution in [-0.4, -0.2) is 95.2 Å². The molecule has 2 amide bonds. The van der Waals surface area contributed by atoms with E-state index in [2.05, 4.69) is 10.1 Å². The molecule has 3 heterocycles. The number of hydrogen-bond donors (Lipinski definition) is 0. The lowest BCUT2D eigenvalue weighted by atomic mass is 10.0. The van der Waals surface area contributed by atoms with Crippen LogP contribution in [0.3, 0.4) is 0 Å². The summed E-state index contributed by atoms with van der Waals surface area (Å²) in [5, 5.41) is 3.95. The van der Waals surface area contributed by atoms with Crippen molar-refractivity contribution in [3.05, 3.63) is 12.7 Å². The molecule has 0 saturated carbocycles. The van der Waals surface area contributed by atoms with E-state index in [-0.39, 0.29) is 36.3 Å². The molecule has 2 aliphatic rings. The van der Waals surface area contributed by atoms with Crippen molar-refractivity contribution >= 4 is 21.7 Å². The SMILES string of the molecule is COCC(=O)N1CCN(C(=O)CCn2cncn2)[C@H]2CS(=O)(=O)C[C@H]21. The van der Waals surface area contributed by atoms with Crippen molar-refractivity contribution in [1.29, 1.82) is 0 Å². The summed E-state index contributed by atoms with van der Waals surface area (Å²) in [6, 6.07) is -1.00. The summed E-state index contributed by atoms with van der Waals surface area (Å²) >= 11 is 0. The topological polar surface area (TPSA) is 115 Å². The van der Waals surface area contributed by atoms with E-state index in [0.29, 0.717) is 19.6 Å². The Labute approximate surface area is 145 Å². The van der Waals surface area contributed by atoms with Gasteiger partial charge in [-0.1, -0.05) is 0 Å². The van der Waals surface area contributed by atoms with Crippen molar-refractivity contribution in [3.8, 4) is 0 Å². The molecule has 0 radical (unpaired) electrons. The molecule has 1 aromatic heterocycles. The zero-order valence-corrected chi connectivity index (χ0v) is 14.8. The number of fused-ring (bicyclic) bond motifs is 1. The number of carbonyl (C=O) groups excluding carboxylic acids is 2. The van der Waals surface area contributed by atoms with Gasteiger partial charge in [0, 0.05) is 26.6 Å². The number of carbonyl (C=O) groups is 2. The molecule has 0 spiro atoms. The van der Waals surface area contributed by atoms with Crippen LogP contribution < -0.4 is 0 Å². The van der Waals surface area contributed by atoms with Crippen LogP contribution >= 0.6 is 0 Å². The molecule has 1 aromatic rings. The van der Waals surface area contributed by atoms with Gasteiger partial charge in [-0.3, -0.25) is 14.3 Å². The van der Waals surface area contributed by atoms with Crippen LogP contribution in [0, 0.1) is 0 Å². The third-order valence-corrected chi connectivity index (χ3v) is 6.30. The van der Waals surface area contributed by atoms with Crippen LogP contribution in [0.4, 0.5) is 0 Å². The largest absolute Gasteiger partial charge is 0.375 e. The smallest absolute Gasteiger partial charge is 0.248 e. The maximum atomic E-state index is 12.6. The summed E-state index contributed by atoms with van der Waals surface area (Å²) in [4.78, 5) is 31.7. The molecule has 0 bridgehead atoms. The van der Waals surface area contributed by atoms with Crippen LogP contribution in [0.1, 0.15) is 6.42 Å². The number of aromatic nitrogens is 3. The van der Waals surface area contributed by atoms with Crippen molar-refractivity contribution in [2.75, 3.05) is 38.3 Å². The number of piperazine rings is 1. The molecule has 0 aromatic carbocycles. The first-order chi connectivity index (χ1) is 11.9. The monoisotopic (exact) mass is 371 g/mol. The first kappa shape index (κ1) is 17.8. The average molecular weight is 371 g/mol. The van der Waals surface area contributed by atoms with Crippen molar-refractivity contribution < 1.29 is 22.7 Å². The molecule has 11 heteroatoms. The summed E-state index contributed by atoms with van der Waals surface area (Å²) in [7, 11) is -1.87. The van der Waals surface area contributed by atoms with Gasteiger partial charge >= 0.3 is 0 Å². The van der Waals surface area contributed by atoms with Crippen molar-refractivity contribution in [2.45, 2.75) is 25.0 Å². The lowest BCUT2D eigenvalue weighted by molar-refractivity contribution is -0.147. The van der Waals surface area contributed by atoms with E-state index in [9.17, 15) is 18.0 Å². The highest BCUT2D eigenvalue weighted by Gasteiger charge is 2.49. The zero-order valence-electron chi connectivity index (χ0n) is 13.9. The van der Waals surface area contributed by atoms with E-state index in [4.69, 9.17) is 4.74 Å². The predicted octanol–water partition coefficient (Wildman–Crippen LogP) is -1.85. The summed E-state index contributed by atoms with van der Waals surface area (Å²) in [6.45, 7) is 0.922. The molecule has 0 unspecified atom stereocenters. The van der Waals surface area contributed by atoms with Crippen LogP contribution in [-0.2, 0) is 30.7 Å². The minimum atomic E-state index is -3.29. The van der Waals surface area contributed by atoms with Crippen LogP contribution in [0.2, 0.25) is 0 Å². The van der Waals surface area contributed by atoms with Gasteiger partial charge in [0.05, 0.1) is 30.1 Å². The average Bonchev–Trinajstić information content (AvgIpc) is 3.17. The third-order valence-electron chi connectivity index (χ3n) is 4.61. The second kappa shape index (κ2) is 7.08. The predicted molar refractivity (Wildman–Crippen MR) is 86.2 cm³/mol. The first-order valence-electron chi connectivity index (χ1n) is 8.02. The van der Waals surface area contributed by atoms with Crippen LogP contribution in [0.15, 0.2) is 12.7 Å². The lowest BCUT2D eigenvalue weighted by Crippen LogP contribution is -2.62. The number of nitrogens with zero attached hydrogens (tertiary/aromatic N) is 5. The second-order valence-corrected chi connectivity index (χ2v) is 8.38. The molecule has 0 aliphatic carbocycles. The molecule has 3 rings (SSSR count). The Morgan fingerprint density at radius 2 is 1.80 bits per heavy atom. The second-order valence-electron chi connectivity index (χ2n) is 6.23. The van der Waals surface area contributed by atoms with Crippen molar-refractivity contribution in [3.63, 3.8) is 0 Å². The standard InChI is InChI=1S/C14H21N5O5S/c1-24-6-14(21)19-5-4-18(11-7-25(22,23)8-12(11)19)13(20)2-3-17-10-15-9-16-17/h9-12H,2-8H2,1H3/t11-,12+/m0/s1. The summed E-state index contributed by atoms with van der Waals surface area (Å²) in [6.07, 6.45) is 3.13. The van der Waals surface area contributed by atoms with Gasteiger partial charge in [0.25, 0.3) is 0 Å². The Kier molecular flexibility index (Phi) is 5.04. The van der Waals surface area contributed by atoms with E-state index in [1.807, 2.05) is 0 Å². The van der Waals surface area contributed by atoms with Gasteiger partial charge < -0.3 is 14.5 Å². The van der Waals surface area contributed by atoms with Gasteiger partial charge in [-0.25, -0.2) is 13.4 Å². The molecular weight excluding hydrogens is 350 g/mol. The molecule has 2 fully saturated rings. The van der Waals surface area contributed by atoms with Gasteiger partial charge in [0.1, 0.15) is 19.3 Å². The Morgan fingerprint density at radius 1 is 1.16 bits per heavy atom. The number of aryl methyl sites for hydroxylation is 1. The summed E-state index contributed by atoms with van der Waals surface area (Å²) in [5.74, 6) is -0.602. The van der Waals surface area contributed by atoms with Crippen LogP contribution in [0.5, 0.6) is 0 Å². The van der Waals surface area contributed by atoms with Gasteiger partial charge in [-0.05, 0) is 0 Å². The molecule has 2 aliphatic heterocycles. The lowest BCUT2D eigenvalue weighted by Gasteiger charge is -2.43. The maximum absolute atomic E-state index is 12.6. The van der Waals surface area contributed by atoms with Crippen molar-refractivity contribution in [1.82, 2.24) is 24.6 Å². The fourth-order valence-corrected chi connectivity index (χ4v) is 5.46. The molecule has 25 heavy (non-hydrogen) atoms. The van der Waals surface area contributed by atoms with Gasteiger partial charge in [0.15, 0.2) is 9.84 Å². The van der Waals surface area contributed by atoms with E-state index < -0.39 is 21.9 Å². The molecule has 10 nitrogen and oxygen atoms in total. The molecule has 2 saturated heterocycles. The Morgan fingerprint density at radius 3 is 2.36 bits per heavy atom. The number of sulfone groups is 1. The minimum Gasteiger partial charge on any atom is -0.375 e. The van der Waals surface area contributed by atoms with Crippen molar-refractivity contribution in [2.24, 2.45) is 0 Å². The first-order valence-corrected chi connectivity index (χ1v) is 9.84. The van der Waals surface area contributed by atoms with E-state index >= 15 is 0 Å². The van der Waals surface area contributed by atoms with E-state index in [0.717, 1.165) is 0 Å². The third kappa shape index (κ3) is 3.82. The Hall–Kier alpha value is -2.01. The molecular formula is C14H21N5O5S. The fourth-order valence-electron chi connectivity index (χ4n) is 3.48. The minimum absolute atomic E-state index is 0.0937. The highest BCUT2D eigenvalue weighted by Crippen LogP contribution is 2.27. The number of hydrogen-bond acceptors (Lipinski definition) is 7. The van der Waals surface area contributed by atoms with Gasteiger partial charge in [-0.15, -0.1) is 0 Å². The summed E-state index contributed by atoms with van der Waals surface area (Å²) in [5.41, 5.74) is 0. The quantitative estimate of drug-likeness (QED) is 0.597. The zero-order chi connectivity index (χ0) is 18.0. The normalized spacial score (nSPS) is 25.0. The number of ether oxygens (including phenoxy) is 1. The highest BCUT2D eigenvalue weighted by molar-refractivity contribution is 7.91. The summed E-state index contributed by atoms with van der Waals surface area (Å²) < 4.78 is 30.6.